The number of carbonyl (C=O) groups is 2. The van der Waals surface area contributed by atoms with Crippen LogP contribution in [0.4, 0.5) is 5.69 Å². The van der Waals surface area contributed by atoms with Crippen molar-refractivity contribution in [3.63, 3.8) is 0 Å². The van der Waals surface area contributed by atoms with Crippen LogP contribution in [0.2, 0.25) is 0 Å². The van der Waals surface area contributed by atoms with Crippen LogP contribution in [0.3, 0.4) is 0 Å². The van der Waals surface area contributed by atoms with Crippen LogP contribution in [0, 0.1) is 5.92 Å². The van der Waals surface area contributed by atoms with Crippen molar-refractivity contribution in [2.24, 2.45) is 5.92 Å². The maximum Gasteiger partial charge on any atom is 0.272 e. The van der Waals surface area contributed by atoms with Gasteiger partial charge in [0.1, 0.15) is 0 Å². The van der Waals surface area contributed by atoms with Crippen molar-refractivity contribution in [1.82, 2.24) is 15.5 Å². The number of hydrogen-bond acceptors (Lipinski definition) is 4. The molecular weight excluding hydrogens is 356 g/mol. The zero-order chi connectivity index (χ0) is 19.7. The normalized spacial score (nSPS) is 14.5. The average molecular weight is 376 g/mol. The molecule has 3 N–H and O–H groups in total. The maximum atomic E-state index is 12.7. The SMILES string of the molecule is CC(NC(=O)c1n[nH]c(=O)c2ccccc12)c1ccc(NC(=O)C2CC2)cc1. The molecule has 1 aliphatic rings. The first-order chi connectivity index (χ1) is 13.5. The molecule has 0 aliphatic heterocycles. The zero-order valence-electron chi connectivity index (χ0n) is 15.4. The molecule has 1 unspecified atom stereocenters. The first kappa shape index (κ1) is 17.9. The van der Waals surface area contributed by atoms with Gasteiger partial charge in [0.25, 0.3) is 11.5 Å². The number of benzene rings is 2. The topological polar surface area (TPSA) is 104 Å². The number of aromatic amines is 1. The summed E-state index contributed by atoms with van der Waals surface area (Å²) < 4.78 is 0. The molecule has 7 heteroatoms. The molecule has 1 heterocycles. The molecule has 1 aromatic heterocycles. The van der Waals surface area contributed by atoms with Crippen LogP contribution >= 0.6 is 0 Å². The number of nitrogens with zero attached hydrogens (tertiary/aromatic N) is 1. The van der Waals surface area contributed by atoms with Gasteiger partial charge in [0.2, 0.25) is 5.91 Å². The summed E-state index contributed by atoms with van der Waals surface area (Å²) in [6.45, 7) is 1.86. The van der Waals surface area contributed by atoms with E-state index in [1.807, 2.05) is 31.2 Å². The first-order valence-electron chi connectivity index (χ1n) is 9.22. The standard InChI is InChI=1S/C21H20N4O3/c1-12(13-8-10-15(11-9-13)23-19(26)14-6-7-14)22-21(28)18-16-4-2-3-5-17(16)20(27)25-24-18/h2-5,8-12,14H,6-7H2,1H3,(H,22,28)(H,23,26)(H,25,27). The highest BCUT2D eigenvalue weighted by molar-refractivity contribution is 6.04. The molecule has 142 valence electrons. The van der Waals surface area contributed by atoms with Gasteiger partial charge >= 0.3 is 0 Å². The lowest BCUT2D eigenvalue weighted by Gasteiger charge is -2.15. The molecule has 2 aromatic carbocycles. The highest BCUT2D eigenvalue weighted by atomic mass is 16.2. The lowest BCUT2D eigenvalue weighted by atomic mass is 10.1. The van der Waals surface area contributed by atoms with Crippen molar-refractivity contribution in [3.05, 3.63) is 70.1 Å². The Balaban J connectivity index is 1.48. The van der Waals surface area contributed by atoms with Gasteiger partial charge in [0.15, 0.2) is 5.69 Å². The van der Waals surface area contributed by atoms with E-state index in [0.29, 0.717) is 10.8 Å². The Morgan fingerprint density at radius 1 is 1.07 bits per heavy atom. The van der Waals surface area contributed by atoms with Gasteiger partial charge in [-0.1, -0.05) is 30.3 Å². The highest BCUT2D eigenvalue weighted by Crippen LogP contribution is 2.30. The van der Waals surface area contributed by atoms with Gasteiger partial charge in [-0.3, -0.25) is 14.4 Å². The Hall–Kier alpha value is -3.48. The lowest BCUT2D eigenvalue weighted by Crippen LogP contribution is -2.29. The first-order valence-corrected chi connectivity index (χ1v) is 9.22. The number of anilines is 1. The molecule has 0 spiro atoms. The fourth-order valence-electron chi connectivity index (χ4n) is 3.08. The van der Waals surface area contributed by atoms with Gasteiger partial charge in [0, 0.05) is 17.0 Å². The fourth-order valence-corrected chi connectivity index (χ4v) is 3.08. The van der Waals surface area contributed by atoms with Crippen LogP contribution in [-0.4, -0.2) is 22.0 Å². The van der Waals surface area contributed by atoms with E-state index in [4.69, 9.17) is 0 Å². The van der Waals surface area contributed by atoms with Gasteiger partial charge in [-0.2, -0.15) is 5.10 Å². The minimum atomic E-state index is -0.369. The summed E-state index contributed by atoms with van der Waals surface area (Å²) in [5.74, 6) is -0.159. The minimum absolute atomic E-state index is 0.0603. The van der Waals surface area contributed by atoms with E-state index in [9.17, 15) is 14.4 Å². The largest absolute Gasteiger partial charge is 0.344 e. The smallest absolute Gasteiger partial charge is 0.272 e. The predicted molar refractivity (Wildman–Crippen MR) is 106 cm³/mol. The third-order valence-corrected chi connectivity index (χ3v) is 4.89. The summed E-state index contributed by atoms with van der Waals surface area (Å²) in [7, 11) is 0. The monoisotopic (exact) mass is 376 g/mol. The van der Waals surface area contributed by atoms with Crippen molar-refractivity contribution in [2.75, 3.05) is 5.32 Å². The number of amides is 2. The third-order valence-electron chi connectivity index (χ3n) is 4.89. The number of aromatic nitrogens is 2. The van der Waals surface area contributed by atoms with Crippen LogP contribution < -0.4 is 16.2 Å². The number of fused-ring (bicyclic) bond motifs is 1. The Labute approximate surface area is 161 Å². The number of H-pyrrole nitrogens is 1. The summed E-state index contributed by atoms with van der Waals surface area (Å²) in [5, 5.41) is 13.0. The Morgan fingerprint density at radius 3 is 2.43 bits per heavy atom. The van der Waals surface area contributed by atoms with Crippen LogP contribution in [0.25, 0.3) is 10.8 Å². The van der Waals surface area contributed by atoms with Crippen LogP contribution in [-0.2, 0) is 4.79 Å². The number of hydrogen-bond donors (Lipinski definition) is 3. The second-order valence-electron chi connectivity index (χ2n) is 7.03. The van der Waals surface area contributed by atoms with E-state index in [1.165, 1.54) is 0 Å². The van der Waals surface area contributed by atoms with Gasteiger partial charge in [-0.15, -0.1) is 0 Å². The quantitative estimate of drug-likeness (QED) is 0.637. The fraction of sp³-hybridized carbons (Fsp3) is 0.238. The van der Waals surface area contributed by atoms with E-state index in [-0.39, 0.29) is 35.0 Å². The molecule has 28 heavy (non-hydrogen) atoms. The molecule has 0 radical (unpaired) electrons. The van der Waals surface area contributed by atoms with Crippen LogP contribution in [0.1, 0.15) is 41.9 Å². The molecule has 2 amide bonds. The molecule has 3 aromatic rings. The molecule has 0 saturated heterocycles. The summed E-state index contributed by atoms with van der Waals surface area (Å²) in [6.07, 6.45) is 1.92. The lowest BCUT2D eigenvalue weighted by molar-refractivity contribution is -0.117. The number of carbonyl (C=O) groups excluding carboxylic acids is 2. The van der Waals surface area contributed by atoms with Crippen LogP contribution in [0.5, 0.6) is 0 Å². The summed E-state index contributed by atoms with van der Waals surface area (Å²) >= 11 is 0. The van der Waals surface area contributed by atoms with Gasteiger partial charge in [-0.25, -0.2) is 5.10 Å². The van der Waals surface area contributed by atoms with Crippen molar-refractivity contribution in [2.45, 2.75) is 25.8 Å². The second kappa shape index (κ2) is 7.26. The molecule has 7 nitrogen and oxygen atoms in total. The second-order valence-corrected chi connectivity index (χ2v) is 7.03. The Kier molecular flexibility index (Phi) is 4.65. The predicted octanol–water partition coefficient (Wildman–Crippen LogP) is 2.76. The van der Waals surface area contributed by atoms with E-state index >= 15 is 0 Å². The van der Waals surface area contributed by atoms with Crippen LogP contribution in [0.15, 0.2) is 53.3 Å². The van der Waals surface area contributed by atoms with Crippen molar-refractivity contribution in [1.29, 1.82) is 0 Å². The van der Waals surface area contributed by atoms with E-state index in [1.54, 1.807) is 24.3 Å². The van der Waals surface area contributed by atoms with Crippen molar-refractivity contribution < 1.29 is 9.59 Å². The molecule has 4 rings (SSSR count). The summed E-state index contributed by atoms with van der Waals surface area (Å²) in [5.41, 5.74) is 1.48. The van der Waals surface area contributed by atoms with Gasteiger partial charge in [0.05, 0.1) is 11.4 Å². The highest BCUT2D eigenvalue weighted by Gasteiger charge is 2.29. The molecular formula is C21H20N4O3. The number of rotatable bonds is 5. The molecule has 1 aliphatic carbocycles. The van der Waals surface area contributed by atoms with E-state index in [2.05, 4.69) is 20.8 Å². The summed E-state index contributed by atoms with van der Waals surface area (Å²) in [6, 6.07) is 14.0. The van der Waals surface area contributed by atoms with Crippen molar-refractivity contribution in [3.8, 4) is 0 Å². The van der Waals surface area contributed by atoms with Gasteiger partial charge in [-0.05, 0) is 43.5 Å². The molecule has 1 atom stereocenters. The maximum absolute atomic E-state index is 12.7. The molecule has 1 saturated carbocycles. The van der Waals surface area contributed by atoms with E-state index < -0.39 is 0 Å². The minimum Gasteiger partial charge on any atom is -0.344 e. The Bertz CT molecular complexity index is 1100. The Morgan fingerprint density at radius 2 is 1.75 bits per heavy atom. The number of nitrogens with one attached hydrogen (secondary N) is 3. The molecule has 1 fully saturated rings. The molecule has 0 bridgehead atoms. The average Bonchev–Trinajstić information content (AvgIpc) is 3.54. The zero-order valence-corrected chi connectivity index (χ0v) is 15.4. The van der Waals surface area contributed by atoms with E-state index in [0.717, 1.165) is 24.1 Å². The van der Waals surface area contributed by atoms with Gasteiger partial charge < -0.3 is 10.6 Å². The van der Waals surface area contributed by atoms with Crippen molar-refractivity contribution >= 4 is 28.3 Å². The summed E-state index contributed by atoms with van der Waals surface area (Å²) in [4.78, 5) is 36.4. The third kappa shape index (κ3) is 3.64.